The Morgan fingerprint density at radius 1 is 1.04 bits per heavy atom. The number of carbonyl (C=O) groups excluding carboxylic acids is 3. The number of benzene rings is 3. The standard InChI is InChI=1S/C32H34F2N6O6S/c1-3-15-38-21-30(41)39-28(16-22-9-13-26(14-10-22)46-47(44,45)35-2)31(42)37(19-24-11-12-25(33)17-27(24)34)20-29(39)40(38)32(43)36-18-23-7-5-4-6-8-23/h3-14,17,28-29,35H,1,15-16,18-21H2,2H3,(H,36,43)/t28-,29-/m0/s1. The molecule has 2 N–H and O–H groups in total. The Labute approximate surface area is 271 Å². The molecule has 12 nitrogen and oxygen atoms in total. The first-order valence-electron chi connectivity index (χ1n) is 14.7. The van der Waals surface area contributed by atoms with E-state index in [1.165, 1.54) is 45.1 Å². The predicted molar refractivity (Wildman–Crippen MR) is 167 cm³/mol. The van der Waals surface area contributed by atoms with Crippen LogP contribution in [0.3, 0.4) is 0 Å². The van der Waals surface area contributed by atoms with E-state index in [9.17, 15) is 31.6 Å². The highest BCUT2D eigenvalue weighted by atomic mass is 32.2. The van der Waals surface area contributed by atoms with Gasteiger partial charge in [-0.25, -0.2) is 23.6 Å². The van der Waals surface area contributed by atoms with Crippen LogP contribution in [0.25, 0.3) is 0 Å². The number of halogens is 2. The van der Waals surface area contributed by atoms with Crippen LogP contribution < -0.4 is 14.2 Å². The molecule has 5 rings (SSSR count). The second kappa shape index (κ2) is 14.3. The molecule has 0 saturated carbocycles. The van der Waals surface area contributed by atoms with Crippen molar-refractivity contribution in [3.63, 3.8) is 0 Å². The molecule has 0 radical (unpaired) electrons. The van der Waals surface area contributed by atoms with Crippen molar-refractivity contribution in [1.82, 2.24) is 29.9 Å². The molecule has 0 spiro atoms. The molecule has 2 fully saturated rings. The number of fused-ring (bicyclic) bond motifs is 1. The summed E-state index contributed by atoms with van der Waals surface area (Å²) in [6, 6.07) is 16.6. The normalized spacial score (nSPS) is 18.6. The van der Waals surface area contributed by atoms with Gasteiger partial charge in [0.1, 0.15) is 29.6 Å². The molecular weight excluding hydrogens is 634 g/mol. The molecular formula is C32H34F2N6O6S. The van der Waals surface area contributed by atoms with Crippen LogP contribution in [0.4, 0.5) is 13.6 Å². The SMILES string of the molecule is C=CCN1CC(=O)N2[C@@H](Cc3ccc(OS(=O)(=O)NC)cc3)C(=O)N(Cc3ccc(F)cc3F)C[C@@H]2N1C(=O)NCc1ccccc1. The van der Waals surface area contributed by atoms with E-state index >= 15 is 0 Å². The summed E-state index contributed by atoms with van der Waals surface area (Å²) in [6.45, 7) is 3.50. The molecule has 0 unspecified atom stereocenters. The maximum absolute atomic E-state index is 14.8. The van der Waals surface area contributed by atoms with E-state index in [1.807, 2.05) is 35.1 Å². The van der Waals surface area contributed by atoms with Crippen molar-refractivity contribution in [3.8, 4) is 5.75 Å². The minimum Gasteiger partial charge on any atom is -0.371 e. The van der Waals surface area contributed by atoms with Crippen molar-refractivity contribution < 1.29 is 35.8 Å². The molecule has 0 bridgehead atoms. The van der Waals surface area contributed by atoms with Crippen LogP contribution in [0.1, 0.15) is 16.7 Å². The highest BCUT2D eigenvalue weighted by Crippen LogP contribution is 2.30. The summed E-state index contributed by atoms with van der Waals surface area (Å²) in [5.74, 6) is -2.49. The van der Waals surface area contributed by atoms with Gasteiger partial charge < -0.3 is 19.3 Å². The third-order valence-corrected chi connectivity index (χ3v) is 8.76. The van der Waals surface area contributed by atoms with Crippen molar-refractivity contribution in [2.45, 2.75) is 31.7 Å². The summed E-state index contributed by atoms with van der Waals surface area (Å²) in [5.41, 5.74) is 1.47. The largest absolute Gasteiger partial charge is 0.382 e. The number of hydrazine groups is 1. The molecule has 2 atom stereocenters. The van der Waals surface area contributed by atoms with E-state index in [1.54, 1.807) is 18.2 Å². The predicted octanol–water partition coefficient (Wildman–Crippen LogP) is 2.54. The van der Waals surface area contributed by atoms with Crippen LogP contribution in [-0.2, 0) is 39.4 Å². The number of urea groups is 1. The minimum absolute atomic E-state index is 0.0105. The summed E-state index contributed by atoms with van der Waals surface area (Å²) in [7, 11) is -2.80. The van der Waals surface area contributed by atoms with Gasteiger partial charge in [-0.05, 0) is 29.3 Å². The number of hydrogen-bond acceptors (Lipinski definition) is 7. The number of nitrogens with zero attached hydrogens (tertiary/aromatic N) is 4. The van der Waals surface area contributed by atoms with Crippen LogP contribution in [0.5, 0.6) is 5.75 Å². The van der Waals surface area contributed by atoms with Gasteiger partial charge in [-0.2, -0.15) is 13.1 Å². The van der Waals surface area contributed by atoms with Crippen LogP contribution in [0, 0.1) is 11.6 Å². The summed E-state index contributed by atoms with van der Waals surface area (Å²) < 4.78 is 59.1. The molecule has 47 heavy (non-hydrogen) atoms. The summed E-state index contributed by atoms with van der Waals surface area (Å²) in [6.07, 6.45) is 0.556. The summed E-state index contributed by atoms with van der Waals surface area (Å²) in [5, 5.41) is 5.81. The lowest BCUT2D eigenvalue weighted by atomic mass is 9.98. The van der Waals surface area contributed by atoms with E-state index in [2.05, 4.69) is 11.9 Å². The zero-order valence-electron chi connectivity index (χ0n) is 25.5. The van der Waals surface area contributed by atoms with Crippen LogP contribution >= 0.6 is 0 Å². The van der Waals surface area contributed by atoms with Gasteiger partial charge in [-0.15, -0.1) is 6.58 Å². The summed E-state index contributed by atoms with van der Waals surface area (Å²) in [4.78, 5) is 44.4. The molecule has 4 amide bonds. The van der Waals surface area contributed by atoms with Gasteiger partial charge >= 0.3 is 16.3 Å². The Balaban J connectivity index is 1.49. The quantitative estimate of drug-likeness (QED) is 0.301. The molecule has 3 aromatic rings. The molecule has 3 aromatic carbocycles. The Kier molecular flexibility index (Phi) is 10.2. The molecule has 15 heteroatoms. The molecule has 0 aromatic heterocycles. The highest BCUT2D eigenvalue weighted by Gasteiger charge is 2.51. The second-order valence-electron chi connectivity index (χ2n) is 11.0. The first kappa shape index (κ1) is 33.5. The maximum Gasteiger partial charge on any atom is 0.382 e. The van der Waals surface area contributed by atoms with Gasteiger partial charge in [0.05, 0.1) is 13.1 Å². The second-order valence-corrected chi connectivity index (χ2v) is 12.4. The number of piperazine rings is 1. The lowest BCUT2D eigenvalue weighted by Gasteiger charge is -2.55. The summed E-state index contributed by atoms with van der Waals surface area (Å²) >= 11 is 0. The lowest BCUT2D eigenvalue weighted by molar-refractivity contribution is -0.189. The number of nitrogens with one attached hydrogen (secondary N) is 2. The third-order valence-electron chi connectivity index (χ3n) is 7.85. The average molecular weight is 669 g/mol. The highest BCUT2D eigenvalue weighted by molar-refractivity contribution is 7.85. The van der Waals surface area contributed by atoms with Gasteiger partial charge in [-0.3, -0.25) is 9.59 Å². The van der Waals surface area contributed by atoms with Crippen molar-refractivity contribution in [2.75, 3.05) is 26.7 Å². The van der Waals surface area contributed by atoms with Crippen molar-refractivity contribution in [3.05, 3.63) is 114 Å². The van der Waals surface area contributed by atoms with Crippen LogP contribution in [0.15, 0.2) is 85.5 Å². The molecule has 2 aliphatic heterocycles. The monoisotopic (exact) mass is 668 g/mol. The minimum atomic E-state index is -4.01. The van der Waals surface area contributed by atoms with E-state index in [-0.39, 0.29) is 50.5 Å². The Bertz CT molecular complexity index is 1740. The first-order valence-corrected chi connectivity index (χ1v) is 16.1. The molecule has 248 valence electrons. The van der Waals surface area contributed by atoms with E-state index < -0.39 is 52.0 Å². The number of rotatable bonds is 11. The fraction of sp³-hybridized carbons (Fsp3) is 0.281. The molecule has 2 heterocycles. The topological polar surface area (TPSA) is 132 Å². The Morgan fingerprint density at radius 3 is 2.43 bits per heavy atom. The van der Waals surface area contributed by atoms with Gasteiger partial charge in [0.15, 0.2) is 0 Å². The first-order chi connectivity index (χ1) is 22.5. The van der Waals surface area contributed by atoms with E-state index in [4.69, 9.17) is 4.18 Å². The van der Waals surface area contributed by atoms with Crippen molar-refractivity contribution >= 4 is 28.1 Å². The number of carbonyl (C=O) groups is 3. The smallest absolute Gasteiger partial charge is 0.371 e. The van der Waals surface area contributed by atoms with Gasteiger partial charge in [-0.1, -0.05) is 54.6 Å². The third kappa shape index (κ3) is 7.76. The van der Waals surface area contributed by atoms with Crippen molar-refractivity contribution in [2.24, 2.45) is 0 Å². The Morgan fingerprint density at radius 2 is 1.77 bits per heavy atom. The average Bonchev–Trinajstić information content (AvgIpc) is 3.04. The Hall–Kier alpha value is -4.86. The fourth-order valence-corrected chi connectivity index (χ4v) is 6.07. The van der Waals surface area contributed by atoms with Gasteiger partial charge in [0.2, 0.25) is 11.8 Å². The zero-order chi connectivity index (χ0) is 33.7. The fourth-order valence-electron chi connectivity index (χ4n) is 5.63. The van der Waals surface area contributed by atoms with Crippen molar-refractivity contribution in [1.29, 1.82) is 0 Å². The van der Waals surface area contributed by atoms with Gasteiger partial charge in [0, 0.05) is 44.7 Å². The van der Waals surface area contributed by atoms with Gasteiger partial charge in [0.25, 0.3) is 0 Å². The van der Waals surface area contributed by atoms with Crippen LogP contribution in [-0.4, -0.2) is 85.0 Å². The van der Waals surface area contributed by atoms with E-state index in [0.29, 0.717) is 5.56 Å². The zero-order valence-corrected chi connectivity index (χ0v) is 26.3. The lowest BCUT2D eigenvalue weighted by Crippen LogP contribution is -2.76. The maximum atomic E-state index is 14.8. The number of hydrogen-bond donors (Lipinski definition) is 2. The molecule has 2 aliphatic rings. The molecule has 2 saturated heterocycles. The number of amides is 4. The molecule has 0 aliphatic carbocycles. The van der Waals surface area contributed by atoms with E-state index in [0.717, 1.165) is 17.7 Å². The van der Waals surface area contributed by atoms with Crippen LogP contribution in [0.2, 0.25) is 0 Å².